The number of nitrogens with two attached hydrogens (primary N) is 1. The van der Waals surface area contributed by atoms with E-state index in [-0.39, 0.29) is 78.1 Å². The van der Waals surface area contributed by atoms with Gasteiger partial charge in [-0.05, 0) is 104 Å². The second kappa shape index (κ2) is 42.5. The van der Waals surface area contributed by atoms with Crippen molar-refractivity contribution in [3.8, 4) is 34.0 Å². The maximum absolute atomic E-state index is 11.7. The molecule has 9 rings (SSSR count). The molecule has 0 bridgehead atoms. The molecular weight excluding hydrogens is 1210 g/mol. The summed E-state index contributed by atoms with van der Waals surface area (Å²) in [6.07, 6.45) is 9.14. The Morgan fingerprint density at radius 1 is 0.551 bits per heavy atom. The Bertz CT molecular complexity index is 2980. The molecule has 18 heteroatoms. The number of benzene rings is 5. The van der Waals surface area contributed by atoms with Gasteiger partial charge in [-0.25, -0.2) is 9.97 Å². The zero-order valence-corrected chi connectivity index (χ0v) is 50.8. The summed E-state index contributed by atoms with van der Waals surface area (Å²) in [7, 11) is 0. The first-order chi connectivity index (χ1) is 36.3. The normalized spacial score (nSPS) is 9.28. The summed E-state index contributed by atoms with van der Waals surface area (Å²) in [5, 5.41) is 22.2. The van der Waals surface area contributed by atoms with Crippen LogP contribution in [0.15, 0.2) is 232 Å². The van der Waals surface area contributed by atoms with Gasteiger partial charge in [-0.15, -0.1) is 12.4 Å². The van der Waals surface area contributed by atoms with Crippen molar-refractivity contribution >= 4 is 90.0 Å². The number of carbonyl (C=O) groups excluding carboxylic acids is 3. The van der Waals surface area contributed by atoms with Crippen LogP contribution in [-0.4, -0.2) is 77.5 Å². The molecule has 398 valence electrons. The van der Waals surface area contributed by atoms with E-state index in [1.165, 1.54) is 13.0 Å². The molecule has 0 saturated heterocycles. The molecular formula is C60H58Br3ClN7NaO6. The minimum Gasteiger partial charge on any atom is -0.870 e. The van der Waals surface area contributed by atoms with Crippen LogP contribution in [0.1, 0.15) is 63.2 Å². The fourth-order valence-corrected chi connectivity index (χ4v) is 6.44. The number of Topliss-reactive ketones (excluding diaryl/α,β-unsaturated/α-hetero) is 1. The second-order valence-corrected chi connectivity index (χ2v) is 17.6. The maximum Gasteiger partial charge on any atom is 1.00 e. The number of hydrogen-bond acceptors (Lipinski definition) is 12. The molecule has 0 atom stereocenters. The molecule has 0 unspecified atom stereocenters. The third-order valence-electron chi connectivity index (χ3n) is 9.16. The molecule has 6 N–H and O–H groups in total. The Kier molecular flexibility index (Phi) is 38.9. The zero-order chi connectivity index (χ0) is 54.6. The molecule has 0 spiro atoms. The number of carbonyl (C=O) groups is 3. The molecule has 5 aromatic carbocycles. The van der Waals surface area contributed by atoms with Gasteiger partial charge in [-0.2, -0.15) is 0 Å². The number of aldehydes is 1. The topological polar surface area (TPSA) is 236 Å². The van der Waals surface area contributed by atoms with E-state index in [1.807, 2.05) is 146 Å². The van der Waals surface area contributed by atoms with Crippen molar-refractivity contribution in [2.45, 2.75) is 20.8 Å². The second-order valence-electron chi connectivity index (χ2n) is 14.9. The summed E-state index contributed by atoms with van der Waals surface area (Å²) >= 11 is 10.1. The fourth-order valence-electron chi connectivity index (χ4n) is 5.65. The number of aliphatic hydroxyl groups excluding tert-OH is 2. The van der Waals surface area contributed by atoms with Gasteiger partial charge in [0.15, 0.2) is 11.6 Å². The molecule has 0 radical (unpaired) electrons. The zero-order valence-electron chi connectivity index (χ0n) is 43.3. The Balaban J connectivity index is 0.000000976. The van der Waals surface area contributed by atoms with E-state index in [0.717, 1.165) is 59.0 Å². The number of amidine groups is 1. The number of nitrogens with zero attached hydrogens (tertiary/aromatic N) is 5. The van der Waals surface area contributed by atoms with Gasteiger partial charge in [0.25, 0.3) is 0 Å². The monoisotopic (exact) mass is 1270 g/mol. The predicted molar refractivity (Wildman–Crippen MR) is 322 cm³/mol. The van der Waals surface area contributed by atoms with E-state index >= 15 is 0 Å². The Morgan fingerprint density at radius 2 is 0.974 bits per heavy atom. The smallest absolute Gasteiger partial charge is 0.870 e. The van der Waals surface area contributed by atoms with Gasteiger partial charge < -0.3 is 21.4 Å². The van der Waals surface area contributed by atoms with Crippen molar-refractivity contribution < 1.29 is 59.6 Å². The molecule has 0 aliphatic heterocycles. The SMILES string of the molecule is Brc1ccc(-c2cc(-c3ccccn3)nc(-c3ccccc3)n2)cc1.CC(=O)c1ccccn1.CCO.CCO.Cl.N=C(N)c1ccccc1.O=C(/C=C/c1ccc(Br)cc1)c1ccccn1.O=Cc1ccc(Br)cc1.[Na+].[OH-]. The Labute approximate surface area is 509 Å². The number of pyridine rings is 3. The van der Waals surface area contributed by atoms with Crippen molar-refractivity contribution in [2.24, 2.45) is 5.73 Å². The number of aliphatic hydroxyl groups is 2. The van der Waals surface area contributed by atoms with E-state index in [2.05, 4.69) is 62.7 Å². The van der Waals surface area contributed by atoms with Crippen molar-refractivity contribution in [2.75, 3.05) is 13.2 Å². The predicted octanol–water partition coefficient (Wildman–Crippen LogP) is 11.1. The molecule has 0 fully saturated rings. The number of aromatic nitrogens is 5. The van der Waals surface area contributed by atoms with Crippen LogP contribution in [-0.2, 0) is 0 Å². The summed E-state index contributed by atoms with van der Waals surface area (Å²) in [5.41, 5.74) is 13.2. The maximum atomic E-state index is 11.7. The Morgan fingerprint density at radius 3 is 1.38 bits per heavy atom. The van der Waals surface area contributed by atoms with Crippen LogP contribution in [0.5, 0.6) is 0 Å². The van der Waals surface area contributed by atoms with E-state index in [1.54, 1.807) is 87.0 Å². The molecule has 4 heterocycles. The van der Waals surface area contributed by atoms with Gasteiger partial charge in [0.05, 0.1) is 17.1 Å². The molecule has 0 saturated carbocycles. The van der Waals surface area contributed by atoms with Crippen LogP contribution in [0.4, 0.5) is 0 Å². The standard InChI is InChI=1S/C21H14BrN3.C14H10BrNO.C7H5BrO.C7H8N2.C7H7NO.2C2H6O.ClH.Na.H2O/c22-17-11-9-15(10-12-17)19-14-20(18-8-4-5-13-23-18)25-21(24-19)16-6-2-1-3-7-16;15-12-7-4-11(5-8-12)6-9-14(17)13-3-1-2-10-16-13;8-7-3-1-6(5-9)2-4-7;8-7(9)6-4-2-1-3-5-6;1-6(9)7-4-2-3-5-8-7;2*1-2-3;;;/h1-14H;1-10H;1-5H;1-5H,(H3,8,9);2-5H,1H3;2*3H,2H2,1H3;1H;;1H2/q;;;;;;;;+1;/p-1/b;9-6+;;;;;;;;. The number of nitrogen functional groups attached to an aromatic ring is 1. The summed E-state index contributed by atoms with van der Waals surface area (Å²) in [6, 6.07) is 60.7. The van der Waals surface area contributed by atoms with E-state index < -0.39 is 0 Å². The van der Waals surface area contributed by atoms with Gasteiger partial charge in [0.2, 0.25) is 5.78 Å². The first-order valence-corrected chi connectivity index (χ1v) is 25.4. The summed E-state index contributed by atoms with van der Waals surface area (Å²) in [4.78, 5) is 54.2. The average molecular weight is 1270 g/mol. The molecule has 0 amide bonds. The van der Waals surface area contributed by atoms with Crippen molar-refractivity contribution in [1.82, 2.24) is 24.9 Å². The first-order valence-electron chi connectivity index (χ1n) is 23.1. The third kappa shape index (κ3) is 28.7. The summed E-state index contributed by atoms with van der Waals surface area (Å²) < 4.78 is 3.05. The van der Waals surface area contributed by atoms with Crippen molar-refractivity contribution in [3.63, 3.8) is 0 Å². The summed E-state index contributed by atoms with van der Waals surface area (Å²) in [6.45, 7) is 5.36. The van der Waals surface area contributed by atoms with Crippen LogP contribution in [0, 0.1) is 5.41 Å². The van der Waals surface area contributed by atoms with Gasteiger partial charge in [-0.3, -0.25) is 34.7 Å². The Hall–Kier alpha value is -6.54. The minimum atomic E-state index is -0.0893. The van der Waals surface area contributed by atoms with Crippen LogP contribution in [0.3, 0.4) is 0 Å². The van der Waals surface area contributed by atoms with Gasteiger partial charge >= 0.3 is 29.6 Å². The third-order valence-corrected chi connectivity index (χ3v) is 10.7. The van der Waals surface area contributed by atoms with E-state index in [0.29, 0.717) is 22.8 Å². The largest absolute Gasteiger partial charge is 1.00 e. The minimum absolute atomic E-state index is 0. The van der Waals surface area contributed by atoms with Crippen LogP contribution in [0.25, 0.3) is 40.1 Å². The number of nitrogens with one attached hydrogen (secondary N) is 1. The molecule has 0 aliphatic carbocycles. The number of ketones is 2. The van der Waals surface area contributed by atoms with Gasteiger partial charge in [-0.1, -0.05) is 169 Å². The van der Waals surface area contributed by atoms with E-state index in [4.69, 9.17) is 31.3 Å². The summed E-state index contributed by atoms with van der Waals surface area (Å²) in [5.74, 6) is 0.737. The molecule has 78 heavy (non-hydrogen) atoms. The fraction of sp³-hybridized carbons (Fsp3) is 0.0833. The average Bonchev–Trinajstić information content (AvgIpc) is 3.45. The number of allylic oxidation sites excluding steroid dienone is 1. The molecule has 4 aromatic heterocycles. The quantitative estimate of drug-likeness (QED) is 0.0264. The van der Waals surface area contributed by atoms with Crippen LogP contribution >= 0.6 is 60.2 Å². The van der Waals surface area contributed by atoms with Crippen LogP contribution in [0.2, 0.25) is 0 Å². The van der Waals surface area contributed by atoms with Crippen molar-refractivity contribution in [3.05, 3.63) is 260 Å². The van der Waals surface area contributed by atoms with Crippen LogP contribution < -0.4 is 35.3 Å². The van der Waals surface area contributed by atoms with E-state index in [9.17, 15) is 14.4 Å². The number of hydrogen-bond donors (Lipinski definition) is 4. The molecule has 0 aliphatic rings. The molecule has 9 aromatic rings. The first kappa shape index (κ1) is 71.5. The van der Waals surface area contributed by atoms with Gasteiger partial charge in [0, 0.05) is 74.4 Å². The number of rotatable bonds is 9. The molecule has 13 nitrogen and oxygen atoms in total. The van der Waals surface area contributed by atoms with Crippen molar-refractivity contribution in [1.29, 1.82) is 5.41 Å². The number of halogens is 4. The van der Waals surface area contributed by atoms with Gasteiger partial charge in [0.1, 0.15) is 23.5 Å².